The van der Waals surface area contributed by atoms with Gasteiger partial charge in [0, 0.05) is 5.56 Å². The Morgan fingerprint density at radius 2 is 1.81 bits per heavy atom. The summed E-state index contributed by atoms with van der Waals surface area (Å²) in [5.41, 5.74) is 5.05. The third-order valence-corrected chi connectivity index (χ3v) is 6.25. The van der Waals surface area contributed by atoms with Gasteiger partial charge < -0.3 is 30.9 Å². The molecule has 2 aliphatic rings. The molecule has 0 radical (unpaired) electrons. The first-order valence-corrected chi connectivity index (χ1v) is 9.78. The number of aliphatic hydroxyl groups is 2. The van der Waals surface area contributed by atoms with E-state index < -0.39 is 58.9 Å². The molecule has 0 bridgehead atoms. The molecule has 10 nitrogen and oxygen atoms in total. The molecule has 0 aromatic heterocycles. The molecule has 10 heteroatoms. The van der Waals surface area contributed by atoms with Gasteiger partial charge in [-0.05, 0) is 38.0 Å². The SMILES string of the molecule is Cc1c2c(c(O)c3c(O)cccc13)C(=O)O[C@H]2[C@@H]1[C@H](O)C(=O)C(C(N)=O)=C(O)[C@@H]1N(C)C. The predicted octanol–water partition coefficient (Wildman–Crippen LogP) is 0.558. The molecule has 32 heavy (non-hydrogen) atoms. The topological polar surface area (TPSA) is 171 Å². The number of carbonyl (C=O) groups is 3. The van der Waals surface area contributed by atoms with Gasteiger partial charge in [0.2, 0.25) is 5.78 Å². The van der Waals surface area contributed by atoms with Crippen molar-refractivity contribution in [1.82, 2.24) is 4.90 Å². The second-order valence-corrected chi connectivity index (χ2v) is 8.21. The smallest absolute Gasteiger partial charge is 0.343 e. The second kappa shape index (κ2) is 7.21. The predicted molar refractivity (Wildman–Crippen MR) is 111 cm³/mol. The standard InChI is InChI=1S/C22H22N2O8/c1-7-8-5-4-6-9(25)11(8)16(26)12-10(7)20(32-22(12)31)13-15(24(2)3)17(27)14(21(23)30)19(29)18(13)28/h4-6,13,15,18,20,25-28H,1-3H3,(H2,23,30)/t13-,15+,18-,20+/m0/s1. The molecule has 0 spiro atoms. The van der Waals surface area contributed by atoms with Crippen LogP contribution in [-0.4, -0.2) is 69.2 Å². The Labute approximate surface area is 182 Å². The lowest BCUT2D eigenvalue weighted by Gasteiger charge is -2.40. The number of aliphatic hydroxyl groups excluding tert-OH is 2. The molecule has 2 aromatic carbocycles. The quantitative estimate of drug-likeness (QED) is 0.336. The van der Waals surface area contributed by atoms with Crippen LogP contribution in [0.1, 0.15) is 27.6 Å². The van der Waals surface area contributed by atoms with Crippen molar-refractivity contribution in [3.05, 3.63) is 46.2 Å². The van der Waals surface area contributed by atoms with Crippen molar-refractivity contribution in [1.29, 1.82) is 0 Å². The molecule has 0 saturated heterocycles. The van der Waals surface area contributed by atoms with E-state index in [0.29, 0.717) is 10.9 Å². The molecule has 0 fully saturated rings. The summed E-state index contributed by atoms with van der Waals surface area (Å²) >= 11 is 0. The van der Waals surface area contributed by atoms with E-state index in [9.17, 15) is 34.8 Å². The number of cyclic esters (lactones) is 1. The molecule has 1 aliphatic carbocycles. The van der Waals surface area contributed by atoms with E-state index in [0.717, 1.165) is 0 Å². The van der Waals surface area contributed by atoms with Gasteiger partial charge in [-0.2, -0.15) is 0 Å². The first kappa shape index (κ1) is 21.6. The van der Waals surface area contributed by atoms with Gasteiger partial charge in [0.25, 0.3) is 5.91 Å². The van der Waals surface area contributed by atoms with Crippen molar-refractivity contribution in [2.24, 2.45) is 11.7 Å². The van der Waals surface area contributed by atoms with Crippen molar-refractivity contribution in [3.8, 4) is 11.5 Å². The Hall–Kier alpha value is -3.63. The summed E-state index contributed by atoms with van der Waals surface area (Å²) in [7, 11) is 3.10. The fourth-order valence-corrected chi connectivity index (χ4v) is 4.87. The number of Topliss-reactive ketones (excluding diaryl/α,β-unsaturated/α-hetero) is 1. The summed E-state index contributed by atoms with van der Waals surface area (Å²) in [6.45, 7) is 1.65. The van der Waals surface area contributed by atoms with Crippen LogP contribution in [0.15, 0.2) is 29.5 Å². The molecule has 0 unspecified atom stereocenters. The van der Waals surface area contributed by atoms with E-state index in [4.69, 9.17) is 10.5 Å². The van der Waals surface area contributed by atoms with Crippen LogP contribution in [0.2, 0.25) is 0 Å². The number of esters is 1. The highest BCUT2D eigenvalue weighted by Crippen LogP contribution is 2.51. The van der Waals surface area contributed by atoms with Gasteiger partial charge >= 0.3 is 5.97 Å². The number of carbonyl (C=O) groups excluding carboxylic acids is 3. The molecule has 4 atom stereocenters. The molecular formula is C22H22N2O8. The van der Waals surface area contributed by atoms with E-state index in [2.05, 4.69) is 0 Å². The highest BCUT2D eigenvalue weighted by atomic mass is 16.6. The maximum absolute atomic E-state index is 12.8. The number of benzene rings is 2. The number of aromatic hydroxyl groups is 2. The lowest BCUT2D eigenvalue weighted by Crippen LogP contribution is -2.54. The highest BCUT2D eigenvalue weighted by Gasteiger charge is 2.54. The van der Waals surface area contributed by atoms with Gasteiger partial charge in [0.15, 0.2) is 0 Å². The maximum atomic E-state index is 12.8. The Balaban J connectivity index is 1.99. The Bertz CT molecular complexity index is 1230. The zero-order chi connectivity index (χ0) is 23.6. The highest BCUT2D eigenvalue weighted by molar-refractivity contribution is 6.21. The number of phenolic OH excluding ortho intramolecular Hbond substituents is 2. The summed E-state index contributed by atoms with van der Waals surface area (Å²) in [5.74, 6) is -5.73. The van der Waals surface area contributed by atoms with Gasteiger partial charge in [0.1, 0.15) is 40.6 Å². The number of nitrogens with zero attached hydrogens (tertiary/aromatic N) is 1. The van der Waals surface area contributed by atoms with Gasteiger partial charge in [0.05, 0.1) is 17.3 Å². The van der Waals surface area contributed by atoms with Crippen molar-refractivity contribution < 1.29 is 39.5 Å². The van der Waals surface area contributed by atoms with Crippen molar-refractivity contribution >= 4 is 28.4 Å². The molecule has 1 aliphatic heterocycles. The Kier molecular flexibility index (Phi) is 4.87. The number of likely N-dealkylation sites (N-methyl/N-ethyl adjacent to an activating group) is 1. The minimum atomic E-state index is -1.83. The summed E-state index contributed by atoms with van der Waals surface area (Å²) in [5, 5.41) is 43.1. The number of hydrogen-bond acceptors (Lipinski definition) is 9. The Morgan fingerprint density at radius 3 is 2.41 bits per heavy atom. The fraction of sp³-hybridized carbons (Fsp3) is 0.318. The lowest BCUT2D eigenvalue weighted by atomic mass is 9.74. The second-order valence-electron chi connectivity index (χ2n) is 8.21. The van der Waals surface area contributed by atoms with E-state index >= 15 is 0 Å². The van der Waals surface area contributed by atoms with Crippen LogP contribution >= 0.6 is 0 Å². The van der Waals surface area contributed by atoms with Crippen molar-refractivity contribution in [2.45, 2.75) is 25.2 Å². The third-order valence-electron chi connectivity index (χ3n) is 6.25. The van der Waals surface area contributed by atoms with Gasteiger partial charge in [-0.1, -0.05) is 12.1 Å². The van der Waals surface area contributed by atoms with Crippen molar-refractivity contribution in [3.63, 3.8) is 0 Å². The number of aryl methyl sites for hydroxylation is 1. The van der Waals surface area contributed by atoms with Crippen LogP contribution in [-0.2, 0) is 14.3 Å². The van der Waals surface area contributed by atoms with E-state index in [1.54, 1.807) is 33.2 Å². The third kappa shape index (κ3) is 2.76. The summed E-state index contributed by atoms with van der Waals surface area (Å²) in [4.78, 5) is 38.7. The number of rotatable bonds is 3. The first-order valence-electron chi connectivity index (χ1n) is 9.78. The minimum Gasteiger partial charge on any atom is -0.510 e. The number of ketones is 1. The number of phenols is 2. The van der Waals surface area contributed by atoms with Gasteiger partial charge in [-0.3, -0.25) is 14.5 Å². The van der Waals surface area contributed by atoms with Crippen LogP contribution in [0.25, 0.3) is 10.8 Å². The van der Waals surface area contributed by atoms with Crippen molar-refractivity contribution in [2.75, 3.05) is 14.1 Å². The molecule has 168 valence electrons. The average molecular weight is 442 g/mol. The first-order chi connectivity index (χ1) is 15.0. The van der Waals surface area contributed by atoms with E-state index in [1.165, 1.54) is 11.0 Å². The molecule has 2 aromatic rings. The summed E-state index contributed by atoms with van der Waals surface area (Å²) < 4.78 is 5.52. The summed E-state index contributed by atoms with van der Waals surface area (Å²) in [6.07, 6.45) is -3.07. The average Bonchev–Trinajstić information content (AvgIpc) is 3.05. The number of fused-ring (bicyclic) bond motifs is 2. The minimum absolute atomic E-state index is 0.0736. The number of primary amides is 1. The summed E-state index contributed by atoms with van der Waals surface area (Å²) in [6, 6.07) is 3.47. The van der Waals surface area contributed by atoms with Crippen LogP contribution in [0.4, 0.5) is 0 Å². The normalized spacial score (nSPS) is 25.4. The number of hydrogen-bond donors (Lipinski definition) is 5. The largest absolute Gasteiger partial charge is 0.510 e. The molecule has 1 amide bonds. The zero-order valence-corrected chi connectivity index (χ0v) is 17.5. The molecular weight excluding hydrogens is 420 g/mol. The molecule has 0 saturated carbocycles. The Morgan fingerprint density at radius 1 is 1.16 bits per heavy atom. The van der Waals surface area contributed by atoms with Gasteiger partial charge in [-0.25, -0.2) is 4.79 Å². The van der Waals surface area contributed by atoms with Crippen LogP contribution in [0, 0.1) is 12.8 Å². The zero-order valence-electron chi connectivity index (χ0n) is 17.5. The maximum Gasteiger partial charge on any atom is 0.343 e. The lowest BCUT2D eigenvalue weighted by molar-refractivity contribution is -0.136. The van der Waals surface area contributed by atoms with Crippen LogP contribution < -0.4 is 5.73 Å². The number of ether oxygens (including phenoxy) is 1. The number of amides is 1. The van der Waals surface area contributed by atoms with Gasteiger partial charge in [-0.15, -0.1) is 0 Å². The monoisotopic (exact) mass is 442 g/mol. The molecule has 1 heterocycles. The fourth-order valence-electron chi connectivity index (χ4n) is 4.87. The van der Waals surface area contributed by atoms with E-state index in [-0.39, 0.29) is 22.3 Å². The van der Waals surface area contributed by atoms with E-state index in [1.807, 2.05) is 0 Å². The number of nitrogens with two attached hydrogens (primary N) is 1. The molecule has 4 rings (SSSR count). The van der Waals surface area contributed by atoms with Crippen LogP contribution in [0.5, 0.6) is 11.5 Å². The molecule has 6 N–H and O–H groups in total. The van der Waals surface area contributed by atoms with Crippen LogP contribution in [0.3, 0.4) is 0 Å².